The molecule has 5 nitrogen and oxygen atoms in total. The van der Waals surface area contributed by atoms with E-state index in [1.54, 1.807) is 12.1 Å². The topological polar surface area (TPSA) is 77.8 Å². The molecule has 2 N–H and O–H groups in total. The molecule has 0 atom stereocenters. The van der Waals surface area contributed by atoms with Crippen molar-refractivity contribution in [2.24, 2.45) is 5.73 Å². The van der Waals surface area contributed by atoms with Gasteiger partial charge < -0.3 is 10.3 Å². The van der Waals surface area contributed by atoms with Crippen LogP contribution in [0.3, 0.4) is 0 Å². The van der Waals surface area contributed by atoms with E-state index in [1.807, 2.05) is 11.4 Å². The van der Waals surface area contributed by atoms with Gasteiger partial charge >= 0.3 is 0 Å². The van der Waals surface area contributed by atoms with Gasteiger partial charge in [0, 0.05) is 28.4 Å². The van der Waals surface area contributed by atoms with Crippen molar-refractivity contribution in [3.05, 3.63) is 50.0 Å². The first kappa shape index (κ1) is 14.5. The molecule has 2 heterocycles. The van der Waals surface area contributed by atoms with E-state index in [9.17, 15) is 0 Å². The van der Waals surface area contributed by atoms with E-state index in [4.69, 9.17) is 33.5 Å². The summed E-state index contributed by atoms with van der Waals surface area (Å²) in [5.41, 5.74) is 7.06. The van der Waals surface area contributed by atoms with Crippen LogP contribution in [0.2, 0.25) is 10.0 Å². The standard InChI is InChI=1S/C13H10Cl2N4OS/c14-8-2-1-7(9(15)4-8)3-11-18-13(20-19-11)10-6-21-12(5-16)17-10/h1-2,4,6H,3,5,16H2. The van der Waals surface area contributed by atoms with Crippen LogP contribution in [0.5, 0.6) is 0 Å². The van der Waals surface area contributed by atoms with Crippen molar-refractivity contribution in [1.29, 1.82) is 0 Å². The highest BCUT2D eigenvalue weighted by Gasteiger charge is 2.13. The van der Waals surface area contributed by atoms with Gasteiger partial charge in [0.2, 0.25) is 0 Å². The molecule has 0 fully saturated rings. The molecular formula is C13H10Cl2N4OS. The summed E-state index contributed by atoms with van der Waals surface area (Å²) >= 11 is 13.5. The quantitative estimate of drug-likeness (QED) is 0.785. The number of benzene rings is 1. The van der Waals surface area contributed by atoms with Crippen molar-refractivity contribution in [2.75, 3.05) is 0 Å². The third kappa shape index (κ3) is 3.24. The largest absolute Gasteiger partial charge is 0.332 e. The fourth-order valence-electron chi connectivity index (χ4n) is 1.77. The minimum atomic E-state index is 0.381. The lowest BCUT2D eigenvalue weighted by molar-refractivity contribution is 0.423. The Morgan fingerprint density at radius 1 is 1.24 bits per heavy atom. The predicted octanol–water partition coefficient (Wildman–Crippen LogP) is 3.55. The highest BCUT2D eigenvalue weighted by atomic mass is 35.5. The molecule has 0 amide bonds. The van der Waals surface area contributed by atoms with E-state index in [2.05, 4.69) is 15.1 Å². The van der Waals surface area contributed by atoms with Gasteiger partial charge in [-0.05, 0) is 17.7 Å². The number of hydrogen-bond acceptors (Lipinski definition) is 6. The van der Waals surface area contributed by atoms with Crippen molar-refractivity contribution < 1.29 is 4.52 Å². The van der Waals surface area contributed by atoms with Crippen LogP contribution in [0.1, 0.15) is 16.4 Å². The van der Waals surface area contributed by atoms with Crippen LogP contribution in [0, 0.1) is 0 Å². The lowest BCUT2D eigenvalue weighted by Crippen LogP contribution is -1.94. The molecule has 3 rings (SSSR count). The average molecular weight is 341 g/mol. The highest BCUT2D eigenvalue weighted by Crippen LogP contribution is 2.24. The third-order valence-electron chi connectivity index (χ3n) is 2.78. The van der Waals surface area contributed by atoms with Gasteiger partial charge in [-0.2, -0.15) is 4.98 Å². The summed E-state index contributed by atoms with van der Waals surface area (Å²) in [5, 5.41) is 7.78. The van der Waals surface area contributed by atoms with Crippen molar-refractivity contribution in [1.82, 2.24) is 15.1 Å². The Morgan fingerprint density at radius 3 is 2.81 bits per heavy atom. The Bertz CT molecular complexity index is 771. The maximum absolute atomic E-state index is 6.13. The van der Waals surface area contributed by atoms with Gasteiger partial charge in [0.1, 0.15) is 10.7 Å². The molecule has 21 heavy (non-hydrogen) atoms. The van der Waals surface area contributed by atoms with Crippen molar-refractivity contribution >= 4 is 34.5 Å². The van der Waals surface area contributed by atoms with Gasteiger partial charge in [0.15, 0.2) is 5.82 Å². The van der Waals surface area contributed by atoms with Gasteiger partial charge in [-0.25, -0.2) is 4.98 Å². The molecule has 0 saturated heterocycles. The second-order valence-electron chi connectivity index (χ2n) is 4.26. The Labute approximate surface area is 134 Å². The van der Waals surface area contributed by atoms with Crippen molar-refractivity contribution in [2.45, 2.75) is 13.0 Å². The molecular weight excluding hydrogens is 331 g/mol. The number of nitrogens with zero attached hydrogens (tertiary/aromatic N) is 3. The smallest absolute Gasteiger partial charge is 0.277 e. The summed E-state index contributed by atoms with van der Waals surface area (Å²) in [6.45, 7) is 0.395. The van der Waals surface area contributed by atoms with E-state index >= 15 is 0 Å². The van der Waals surface area contributed by atoms with E-state index in [0.29, 0.717) is 40.4 Å². The molecule has 2 aromatic heterocycles. The molecule has 0 bridgehead atoms. The van der Waals surface area contributed by atoms with Crippen LogP contribution in [-0.4, -0.2) is 15.1 Å². The van der Waals surface area contributed by atoms with E-state index in [1.165, 1.54) is 11.3 Å². The predicted molar refractivity (Wildman–Crippen MR) is 82.6 cm³/mol. The lowest BCUT2D eigenvalue weighted by atomic mass is 10.1. The van der Waals surface area contributed by atoms with Gasteiger partial charge in [-0.3, -0.25) is 0 Å². The summed E-state index contributed by atoms with van der Waals surface area (Å²) in [4.78, 5) is 8.62. The first-order valence-corrected chi connectivity index (χ1v) is 7.70. The zero-order chi connectivity index (χ0) is 14.8. The second-order valence-corrected chi connectivity index (χ2v) is 6.05. The number of nitrogens with two attached hydrogens (primary N) is 1. The van der Waals surface area contributed by atoms with Crippen LogP contribution in [0.25, 0.3) is 11.6 Å². The maximum atomic E-state index is 6.13. The minimum Gasteiger partial charge on any atom is -0.332 e. The highest BCUT2D eigenvalue weighted by molar-refractivity contribution is 7.09. The number of aromatic nitrogens is 3. The fourth-order valence-corrected chi connectivity index (χ4v) is 2.89. The first-order valence-electron chi connectivity index (χ1n) is 6.07. The van der Waals surface area contributed by atoms with Crippen molar-refractivity contribution in [3.8, 4) is 11.6 Å². The molecule has 3 aromatic rings. The normalized spacial score (nSPS) is 11.0. The van der Waals surface area contributed by atoms with Crippen LogP contribution >= 0.6 is 34.5 Å². The summed E-state index contributed by atoms with van der Waals surface area (Å²) in [6, 6.07) is 5.31. The minimum absolute atomic E-state index is 0.381. The van der Waals surface area contributed by atoms with E-state index in [-0.39, 0.29) is 0 Å². The molecule has 0 aliphatic rings. The van der Waals surface area contributed by atoms with E-state index in [0.717, 1.165) is 10.6 Å². The molecule has 0 aliphatic heterocycles. The third-order valence-corrected chi connectivity index (χ3v) is 4.24. The van der Waals surface area contributed by atoms with Gasteiger partial charge in [-0.15, -0.1) is 11.3 Å². The monoisotopic (exact) mass is 340 g/mol. The molecule has 108 valence electrons. The second kappa shape index (κ2) is 6.11. The fraction of sp³-hybridized carbons (Fsp3) is 0.154. The zero-order valence-corrected chi connectivity index (χ0v) is 13.0. The molecule has 1 aromatic carbocycles. The maximum Gasteiger partial charge on any atom is 0.277 e. The molecule has 0 aliphatic carbocycles. The summed E-state index contributed by atoms with van der Waals surface area (Å²) in [6.07, 6.45) is 0.466. The van der Waals surface area contributed by atoms with Crippen LogP contribution in [-0.2, 0) is 13.0 Å². The number of halogens is 2. The molecule has 0 radical (unpaired) electrons. The Balaban J connectivity index is 1.81. The Hall–Kier alpha value is -1.47. The van der Waals surface area contributed by atoms with Gasteiger partial charge in [0.05, 0.1) is 0 Å². The SMILES string of the molecule is NCc1nc(-c2nc(Cc3ccc(Cl)cc3Cl)no2)cs1. The van der Waals surface area contributed by atoms with Crippen LogP contribution < -0.4 is 5.73 Å². The Kier molecular flexibility index (Phi) is 4.21. The number of thiazole rings is 1. The average Bonchev–Trinajstić information content (AvgIpc) is 3.10. The molecule has 0 unspecified atom stereocenters. The molecule has 0 saturated carbocycles. The molecule has 0 spiro atoms. The summed E-state index contributed by atoms with van der Waals surface area (Å²) in [7, 11) is 0. The summed E-state index contributed by atoms with van der Waals surface area (Å²) in [5.74, 6) is 0.919. The van der Waals surface area contributed by atoms with Gasteiger partial charge in [-0.1, -0.05) is 34.4 Å². The summed E-state index contributed by atoms with van der Waals surface area (Å²) < 4.78 is 5.22. The first-order chi connectivity index (χ1) is 10.2. The Morgan fingerprint density at radius 2 is 2.10 bits per heavy atom. The van der Waals surface area contributed by atoms with Crippen LogP contribution in [0.15, 0.2) is 28.1 Å². The molecule has 8 heteroatoms. The van der Waals surface area contributed by atoms with E-state index < -0.39 is 0 Å². The van der Waals surface area contributed by atoms with Crippen molar-refractivity contribution in [3.63, 3.8) is 0 Å². The zero-order valence-electron chi connectivity index (χ0n) is 10.7. The lowest BCUT2D eigenvalue weighted by Gasteiger charge is -2.00. The number of rotatable bonds is 4. The number of hydrogen-bond donors (Lipinski definition) is 1. The van der Waals surface area contributed by atoms with Gasteiger partial charge in [0.25, 0.3) is 5.89 Å². The van der Waals surface area contributed by atoms with Crippen LogP contribution in [0.4, 0.5) is 0 Å².